The first kappa shape index (κ1) is 14.0. The van der Waals surface area contributed by atoms with E-state index in [0.717, 1.165) is 12.1 Å². The molecule has 1 aliphatic heterocycles. The van der Waals surface area contributed by atoms with E-state index in [1.807, 2.05) is 0 Å². The third-order valence-corrected chi connectivity index (χ3v) is 3.05. The SMILES string of the molecule is O=C1COc2cc(C(=O)Nc3ccc(F)c(F)c3)ccc2N1. The highest BCUT2D eigenvalue weighted by Crippen LogP contribution is 2.28. The van der Waals surface area contributed by atoms with Crippen LogP contribution in [-0.2, 0) is 4.79 Å². The van der Waals surface area contributed by atoms with Crippen LogP contribution in [0.4, 0.5) is 20.2 Å². The van der Waals surface area contributed by atoms with Gasteiger partial charge in [-0.25, -0.2) is 8.78 Å². The molecule has 2 aromatic carbocycles. The number of rotatable bonds is 2. The largest absolute Gasteiger partial charge is 0.482 e. The summed E-state index contributed by atoms with van der Waals surface area (Å²) in [4.78, 5) is 23.3. The molecule has 1 aliphatic rings. The number of benzene rings is 2. The van der Waals surface area contributed by atoms with Crippen molar-refractivity contribution in [1.29, 1.82) is 0 Å². The van der Waals surface area contributed by atoms with Crippen LogP contribution in [0.25, 0.3) is 0 Å². The van der Waals surface area contributed by atoms with Crippen molar-refractivity contribution in [3.63, 3.8) is 0 Å². The molecular formula is C15H10F2N2O3. The lowest BCUT2D eigenvalue weighted by molar-refractivity contribution is -0.118. The number of hydrogen-bond donors (Lipinski definition) is 2. The standard InChI is InChI=1S/C15H10F2N2O3/c16-10-3-2-9(6-11(10)17)18-15(21)8-1-4-12-13(5-8)22-7-14(20)19-12/h1-6H,7H2,(H,18,21)(H,19,20). The van der Waals surface area contributed by atoms with E-state index in [4.69, 9.17) is 4.74 Å². The second-order valence-electron chi connectivity index (χ2n) is 4.63. The van der Waals surface area contributed by atoms with Gasteiger partial charge in [-0.1, -0.05) is 0 Å². The second kappa shape index (κ2) is 5.44. The van der Waals surface area contributed by atoms with Crippen LogP contribution in [0.1, 0.15) is 10.4 Å². The molecule has 0 bridgehead atoms. The van der Waals surface area contributed by atoms with Crippen molar-refractivity contribution in [2.75, 3.05) is 17.2 Å². The Hall–Kier alpha value is -2.96. The van der Waals surface area contributed by atoms with E-state index in [-0.39, 0.29) is 23.8 Å². The van der Waals surface area contributed by atoms with E-state index in [1.54, 1.807) is 0 Å². The van der Waals surface area contributed by atoms with Gasteiger partial charge in [0, 0.05) is 17.3 Å². The fourth-order valence-electron chi connectivity index (χ4n) is 1.99. The summed E-state index contributed by atoms with van der Waals surface area (Å²) in [6.07, 6.45) is 0. The van der Waals surface area contributed by atoms with Gasteiger partial charge in [0.1, 0.15) is 5.75 Å². The predicted octanol–water partition coefficient (Wildman–Crippen LogP) is 2.55. The Kier molecular flexibility index (Phi) is 3.46. The average Bonchev–Trinajstić information content (AvgIpc) is 2.50. The molecule has 112 valence electrons. The van der Waals surface area contributed by atoms with E-state index in [2.05, 4.69) is 10.6 Å². The molecule has 2 amide bonds. The Morgan fingerprint density at radius 3 is 2.73 bits per heavy atom. The van der Waals surface area contributed by atoms with Crippen LogP contribution in [0, 0.1) is 11.6 Å². The number of halogens is 2. The van der Waals surface area contributed by atoms with Crippen molar-refractivity contribution >= 4 is 23.2 Å². The van der Waals surface area contributed by atoms with Crippen molar-refractivity contribution in [3.8, 4) is 5.75 Å². The van der Waals surface area contributed by atoms with Crippen molar-refractivity contribution in [2.24, 2.45) is 0 Å². The van der Waals surface area contributed by atoms with Crippen LogP contribution in [-0.4, -0.2) is 18.4 Å². The van der Waals surface area contributed by atoms with Crippen molar-refractivity contribution in [2.45, 2.75) is 0 Å². The molecule has 0 spiro atoms. The molecule has 0 atom stereocenters. The van der Waals surface area contributed by atoms with Crippen LogP contribution in [0.15, 0.2) is 36.4 Å². The Balaban J connectivity index is 1.80. The van der Waals surface area contributed by atoms with Gasteiger partial charge in [0.15, 0.2) is 18.2 Å². The lowest BCUT2D eigenvalue weighted by Gasteiger charge is -2.18. The highest BCUT2D eigenvalue weighted by molar-refractivity contribution is 6.05. The number of fused-ring (bicyclic) bond motifs is 1. The zero-order valence-electron chi connectivity index (χ0n) is 11.2. The van der Waals surface area contributed by atoms with Crippen LogP contribution in [0.2, 0.25) is 0 Å². The zero-order chi connectivity index (χ0) is 15.7. The summed E-state index contributed by atoms with van der Waals surface area (Å²) >= 11 is 0. The molecular weight excluding hydrogens is 294 g/mol. The Bertz CT molecular complexity index is 777. The summed E-state index contributed by atoms with van der Waals surface area (Å²) in [5.41, 5.74) is 0.871. The predicted molar refractivity (Wildman–Crippen MR) is 74.9 cm³/mol. The van der Waals surface area contributed by atoms with Crippen molar-refractivity contribution < 1.29 is 23.1 Å². The number of hydrogen-bond acceptors (Lipinski definition) is 3. The molecule has 0 radical (unpaired) electrons. The Labute approximate surface area is 123 Å². The van der Waals surface area contributed by atoms with Gasteiger partial charge in [-0.2, -0.15) is 0 Å². The van der Waals surface area contributed by atoms with Crippen LogP contribution in [0.5, 0.6) is 5.75 Å². The van der Waals surface area contributed by atoms with Crippen LogP contribution >= 0.6 is 0 Å². The van der Waals surface area contributed by atoms with E-state index in [9.17, 15) is 18.4 Å². The molecule has 1 heterocycles. The number of amides is 2. The lowest BCUT2D eigenvalue weighted by atomic mass is 10.1. The van der Waals surface area contributed by atoms with Gasteiger partial charge in [-0.3, -0.25) is 9.59 Å². The monoisotopic (exact) mass is 304 g/mol. The molecule has 0 aliphatic carbocycles. The summed E-state index contributed by atoms with van der Waals surface area (Å²) in [7, 11) is 0. The molecule has 2 aromatic rings. The summed E-state index contributed by atoms with van der Waals surface area (Å²) in [5, 5.41) is 5.06. The van der Waals surface area contributed by atoms with E-state index in [1.165, 1.54) is 24.3 Å². The molecule has 0 unspecified atom stereocenters. The normalized spacial score (nSPS) is 12.9. The molecule has 0 aromatic heterocycles. The van der Waals surface area contributed by atoms with Gasteiger partial charge >= 0.3 is 0 Å². The van der Waals surface area contributed by atoms with Crippen LogP contribution < -0.4 is 15.4 Å². The lowest BCUT2D eigenvalue weighted by Crippen LogP contribution is -2.25. The number of carbonyl (C=O) groups is 2. The zero-order valence-corrected chi connectivity index (χ0v) is 11.2. The highest BCUT2D eigenvalue weighted by Gasteiger charge is 2.18. The minimum atomic E-state index is -1.05. The molecule has 3 rings (SSSR count). The summed E-state index contributed by atoms with van der Waals surface area (Å²) < 4.78 is 31.2. The molecule has 5 nitrogen and oxygen atoms in total. The summed E-state index contributed by atoms with van der Waals surface area (Å²) in [6.45, 7) is -0.124. The van der Waals surface area contributed by atoms with E-state index >= 15 is 0 Å². The van der Waals surface area contributed by atoms with Gasteiger partial charge in [0.2, 0.25) is 0 Å². The van der Waals surface area contributed by atoms with E-state index < -0.39 is 17.5 Å². The fraction of sp³-hybridized carbons (Fsp3) is 0.0667. The number of ether oxygens (including phenoxy) is 1. The molecule has 7 heteroatoms. The van der Waals surface area contributed by atoms with Gasteiger partial charge in [0.05, 0.1) is 5.69 Å². The third kappa shape index (κ3) is 2.73. The summed E-state index contributed by atoms with van der Waals surface area (Å²) in [5.74, 6) is -2.44. The average molecular weight is 304 g/mol. The minimum absolute atomic E-state index is 0.124. The van der Waals surface area contributed by atoms with Gasteiger partial charge in [-0.15, -0.1) is 0 Å². The quantitative estimate of drug-likeness (QED) is 0.896. The minimum Gasteiger partial charge on any atom is -0.482 e. The van der Waals surface area contributed by atoms with Crippen molar-refractivity contribution in [1.82, 2.24) is 0 Å². The maximum atomic E-state index is 13.1. The number of carbonyl (C=O) groups excluding carboxylic acids is 2. The smallest absolute Gasteiger partial charge is 0.262 e. The topological polar surface area (TPSA) is 67.4 Å². The second-order valence-corrected chi connectivity index (χ2v) is 4.63. The third-order valence-electron chi connectivity index (χ3n) is 3.05. The number of anilines is 2. The van der Waals surface area contributed by atoms with Gasteiger partial charge in [-0.05, 0) is 30.3 Å². The van der Waals surface area contributed by atoms with Crippen molar-refractivity contribution in [3.05, 3.63) is 53.6 Å². The maximum Gasteiger partial charge on any atom is 0.262 e. The molecule has 22 heavy (non-hydrogen) atoms. The number of nitrogens with one attached hydrogen (secondary N) is 2. The highest BCUT2D eigenvalue weighted by atomic mass is 19.2. The molecule has 2 N–H and O–H groups in total. The molecule has 0 fully saturated rings. The first-order valence-corrected chi connectivity index (χ1v) is 6.36. The van der Waals surface area contributed by atoms with Gasteiger partial charge < -0.3 is 15.4 Å². The molecule has 0 saturated heterocycles. The van der Waals surface area contributed by atoms with Gasteiger partial charge in [0.25, 0.3) is 11.8 Å². The first-order chi connectivity index (χ1) is 10.5. The Morgan fingerprint density at radius 2 is 1.95 bits per heavy atom. The Morgan fingerprint density at radius 1 is 1.14 bits per heavy atom. The molecule has 0 saturated carbocycles. The maximum absolute atomic E-state index is 13.1. The first-order valence-electron chi connectivity index (χ1n) is 6.36. The van der Waals surface area contributed by atoms with E-state index in [0.29, 0.717) is 11.4 Å². The fourth-order valence-corrected chi connectivity index (χ4v) is 1.99. The van der Waals surface area contributed by atoms with Crippen LogP contribution in [0.3, 0.4) is 0 Å². The summed E-state index contributed by atoms with van der Waals surface area (Å²) in [6, 6.07) is 7.56.